The van der Waals surface area contributed by atoms with Gasteiger partial charge in [-0.1, -0.05) is 70.2 Å². The SMILES string of the molecule is CCC(C)c1ccc(OC(c2ccccc2)C(C)C)cc1. The average molecular weight is 282 g/mol. The van der Waals surface area contributed by atoms with Crippen molar-refractivity contribution in [3.63, 3.8) is 0 Å². The van der Waals surface area contributed by atoms with E-state index in [4.69, 9.17) is 4.74 Å². The summed E-state index contributed by atoms with van der Waals surface area (Å²) in [6, 6.07) is 19.0. The second-order valence-electron chi connectivity index (χ2n) is 6.07. The van der Waals surface area contributed by atoms with Crippen LogP contribution in [0.1, 0.15) is 57.3 Å². The average Bonchev–Trinajstić information content (AvgIpc) is 2.53. The molecule has 0 aliphatic rings. The molecule has 2 aromatic rings. The molecule has 2 aromatic carbocycles. The molecule has 0 heterocycles. The monoisotopic (exact) mass is 282 g/mol. The lowest BCUT2D eigenvalue weighted by Crippen LogP contribution is -2.14. The van der Waals surface area contributed by atoms with E-state index in [1.165, 1.54) is 17.5 Å². The summed E-state index contributed by atoms with van der Waals surface area (Å²) in [5, 5.41) is 0. The standard InChI is InChI=1S/C20H26O/c1-5-16(4)17-11-13-19(14-12-17)21-20(15(2)3)18-9-7-6-8-10-18/h6-16,20H,5H2,1-4H3. The van der Waals surface area contributed by atoms with Crippen LogP contribution in [0.4, 0.5) is 0 Å². The van der Waals surface area contributed by atoms with Crippen molar-refractivity contribution in [2.24, 2.45) is 5.92 Å². The van der Waals surface area contributed by atoms with Crippen LogP contribution < -0.4 is 4.74 Å². The van der Waals surface area contributed by atoms with Gasteiger partial charge in [0, 0.05) is 0 Å². The van der Waals surface area contributed by atoms with Crippen LogP contribution in [0.5, 0.6) is 5.75 Å². The van der Waals surface area contributed by atoms with Gasteiger partial charge in [-0.05, 0) is 41.5 Å². The van der Waals surface area contributed by atoms with Crippen molar-refractivity contribution in [3.05, 3.63) is 65.7 Å². The molecule has 112 valence electrons. The molecule has 1 nitrogen and oxygen atoms in total. The third-order valence-corrected chi connectivity index (χ3v) is 4.06. The first-order valence-corrected chi connectivity index (χ1v) is 7.93. The maximum Gasteiger partial charge on any atom is 0.126 e. The van der Waals surface area contributed by atoms with Crippen LogP contribution in [0.25, 0.3) is 0 Å². The molecule has 0 aliphatic carbocycles. The molecule has 2 atom stereocenters. The van der Waals surface area contributed by atoms with E-state index < -0.39 is 0 Å². The van der Waals surface area contributed by atoms with Crippen molar-refractivity contribution in [3.8, 4) is 5.75 Å². The van der Waals surface area contributed by atoms with E-state index in [0.717, 1.165) is 5.75 Å². The Labute approximate surface area is 129 Å². The molecule has 0 saturated heterocycles. The fourth-order valence-corrected chi connectivity index (χ4v) is 2.49. The van der Waals surface area contributed by atoms with Gasteiger partial charge < -0.3 is 4.74 Å². The van der Waals surface area contributed by atoms with Crippen molar-refractivity contribution in [2.45, 2.75) is 46.1 Å². The Morgan fingerprint density at radius 1 is 0.810 bits per heavy atom. The minimum atomic E-state index is 0.0978. The molecule has 2 rings (SSSR count). The van der Waals surface area contributed by atoms with E-state index in [0.29, 0.717) is 11.8 Å². The van der Waals surface area contributed by atoms with Gasteiger partial charge in [0.05, 0.1) is 0 Å². The molecule has 0 amide bonds. The van der Waals surface area contributed by atoms with Gasteiger partial charge >= 0.3 is 0 Å². The molecular weight excluding hydrogens is 256 g/mol. The fraction of sp³-hybridized carbons (Fsp3) is 0.400. The molecule has 0 fully saturated rings. The van der Waals surface area contributed by atoms with E-state index >= 15 is 0 Å². The topological polar surface area (TPSA) is 9.23 Å². The molecule has 0 aliphatic heterocycles. The van der Waals surface area contributed by atoms with Crippen LogP contribution in [0.2, 0.25) is 0 Å². The molecule has 0 spiro atoms. The van der Waals surface area contributed by atoms with Crippen LogP contribution in [-0.2, 0) is 0 Å². The largest absolute Gasteiger partial charge is 0.485 e. The first kappa shape index (κ1) is 15.6. The molecule has 21 heavy (non-hydrogen) atoms. The second kappa shape index (κ2) is 7.31. The number of ether oxygens (including phenoxy) is 1. The van der Waals surface area contributed by atoms with E-state index in [9.17, 15) is 0 Å². The third-order valence-electron chi connectivity index (χ3n) is 4.06. The molecule has 0 radical (unpaired) electrons. The summed E-state index contributed by atoms with van der Waals surface area (Å²) < 4.78 is 6.23. The minimum Gasteiger partial charge on any atom is -0.485 e. The summed E-state index contributed by atoms with van der Waals surface area (Å²) in [5.41, 5.74) is 2.61. The Morgan fingerprint density at radius 2 is 1.43 bits per heavy atom. The molecular formula is C20H26O. The van der Waals surface area contributed by atoms with E-state index in [1.807, 2.05) is 6.07 Å². The summed E-state index contributed by atoms with van der Waals surface area (Å²) in [7, 11) is 0. The van der Waals surface area contributed by atoms with Crippen molar-refractivity contribution in [1.82, 2.24) is 0 Å². The van der Waals surface area contributed by atoms with Crippen LogP contribution in [0, 0.1) is 5.92 Å². The Balaban J connectivity index is 2.14. The van der Waals surface area contributed by atoms with Crippen LogP contribution in [0.15, 0.2) is 54.6 Å². The van der Waals surface area contributed by atoms with Gasteiger partial charge in [-0.2, -0.15) is 0 Å². The van der Waals surface area contributed by atoms with Crippen molar-refractivity contribution < 1.29 is 4.74 Å². The van der Waals surface area contributed by atoms with Gasteiger partial charge in [0.25, 0.3) is 0 Å². The molecule has 1 heteroatoms. The fourth-order valence-electron chi connectivity index (χ4n) is 2.49. The zero-order valence-electron chi connectivity index (χ0n) is 13.5. The normalized spacial score (nSPS) is 14.0. The predicted molar refractivity (Wildman–Crippen MR) is 89.8 cm³/mol. The third kappa shape index (κ3) is 4.10. The molecule has 0 N–H and O–H groups in total. The minimum absolute atomic E-state index is 0.0978. The Kier molecular flexibility index (Phi) is 5.44. The van der Waals surface area contributed by atoms with Crippen molar-refractivity contribution >= 4 is 0 Å². The summed E-state index contributed by atoms with van der Waals surface area (Å²) >= 11 is 0. The smallest absolute Gasteiger partial charge is 0.126 e. The number of benzene rings is 2. The van der Waals surface area contributed by atoms with Gasteiger partial charge in [0.15, 0.2) is 0 Å². The van der Waals surface area contributed by atoms with Crippen LogP contribution in [0.3, 0.4) is 0 Å². The van der Waals surface area contributed by atoms with E-state index in [1.54, 1.807) is 0 Å². The van der Waals surface area contributed by atoms with E-state index in [-0.39, 0.29) is 6.10 Å². The van der Waals surface area contributed by atoms with Gasteiger partial charge in [0.2, 0.25) is 0 Å². The van der Waals surface area contributed by atoms with Crippen molar-refractivity contribution in [1.29, 1.82) is 0 Å². The van der Waals surface area contributed by atoms with Gasteiger partial charge in [-0.15, -0.1) is 0 Å². The van der Waals surface area contributed by atoms with Crippen LogP contribution >= 0.6 is 0 Å². The molecule has 0 aromatic heterocycles. The Bertz CT molecular complexity index is 528. The molecule has 0 saturated carbocycles. The van der Waals surface area contributed by atoms with Gasteiger partial charge in [-0.25, -0.2) is 0 Å². The van der Waals surface area contributed by atoms with E-state index in [2.05, 4.69) is 76.2 Å². The predicted octanol–water partition coefficient (Wildman–Crippen LogP) is 5.98. The first-order chi connectivity index (χ1) is 10.1. The number of hydrogen-bond donors (Lipinski definition) is 0. The summed E-state index contributed by atoms with van der Waals surface area (Å²) in [6.07, 6.45) is 1.26. The van der Waals surface area contributed by atoms with Gasteiger partial charge in [0.1, 0.15) is 11.9 Å². The highest BCUT2D eigenvalue weighted by atomic mass is 16.5. The maximum absolute atomic E-state index is 6.23. The lowest BCUT2D eigenvalue weighted by Gasteiger charge is -2.23. The highest BCUT2D eigenvalue weighted by molar-refractivity contribution is 5.30. The zero-order chi connectivity index (χ0) is 15.2. The quantitative estimate of drug-likeness (QED) is 0.633. The lowest BCUT2D eigenvalue weighted by atomic mass is 9.98. The second-order valence-corrected chi connectivity index (χ2v) is 6.07. The van der Waals surface area contributed by atoms with Gasteiger partial charge in [-0.3, -0.25) is 0 Å². The number of hydrogen-bond acceptors (Lipinski definition) is 1. The zero-order valence-corrected chi connectivity index (χ0v) is 13.5. The number of rotatable bonds is 6. The van der Waals surface area contributed by atoms with Crippen molar-refractivity contribution in [2.75, 3.05) is 0 Å². The summed E-state index contributed by atoms with van der Waals surface area (Å²) in [5.74, 6) is 1.99. The Morgan fingerprint density at radius 3 is 1.95 bits per heavy atom. The Hall–Kier alpha value is -1.76. The summed E-state index contributed by atoms with van der Waals surface area (Å²) in [4.78, 5) is 0. The van der Waals surface area contributed by atoms with Crippen LogP contribution in [-0.4, -0.2) is 0 Å². The highest BCUT2D eigenvalue weighted by Crippen LogP contribution is 2.29. The molecule has 2 unspecified atom stereocenters. The highest BCUT2D eigenvalue weighted by Gasteiger charge is 2.17. The maximum atomic E-state index is 6.23. The summed E-state index contributed by atoms with van der Waals surface area (Å²) in [6.45, 7) is 8.88. The lowest BCUT2D eigenvalue weighted by molar-refractivity contribution is 0.153. The first-order valence-electron chi connectivity index (χ1n) is 7.93. The molecule has 0 bridgehead atoms.